The molecular formula is C19H17N3O. The van der Waals surface area contributed by atoms with E-state index < -0.39 is 0 Å². The Morgan fingerprint density at radius 1 is 1.09 bits per heavy atom. The number of nitrogens with zero attached hydrogens (tertiary/aromatic N) is 2. The largest absolute Gasteiger partial charge is 0.351 e. The smallest absolute Gasteiger partial charge is 0.270 e. The van der Waals surface area contributed by atoms with Crippen LogP contribution >= 0.6 is 0 Å². The van der Waals surface area contributed by atoms with Gasteiger partial charge in [0.05, 0.1) is 12.5 Å². The van der Waals surface area contributed by atoms with Crippen LogP contribution in [0.3, 0.4) is 0 Å². The summed E-state index contributed by atoms with van der Waals surface area (Å²) in [6.45, 7) is 0.913. The van der Waals surface area contributed by atoms with Crippen molar-refractivity contribution in [3.05, 3.63) is 71.9 Å². The van der Waals surface area contributed by atoms with E-state index in [0.29, 0.717) is 25.2 Å². The molecule has 23 heavy (non-hydrogen) atoms. The lowest BCUT2D eigenvalue weighted by atomic mass is 10.2. The number of para-hydroxylation sites is 1. The van der Waals surface area contributed by atoms with Gasteiger partial charge in [-0.1, -0.05) is 48.5 Å². The molecule has 0 aliphatic carbocycles. The summed E-state index contributed by atoms with van der Waals surface area (Å²) < 4.78 is 0. The van der Waals surface area contributed by atoms with Crippen molar-refractivity contribution in [3.63, 3.8) is 0 Å². The first kappa shape index (κ1) is 14.9. The molecule has 0 bridgehead atoms. The quantitative estimate of drug-likeness (QED) is 0.781. The molecule has 1 heterocycles. The van der Waals surface area contributed by atoms with Gasteiger partial charge in [0.2, 0.25) is 0 Å². The van der Waals surface area contributed by atoms with E-state index in [-0.39, 0.29) is 5.91 Å². The van der Waals surface area contributed by atoms with Gasteiger partial charge in [0, 0.05) is 24.0 Å². The van der Waals surface area contributed by atoms with Crippen LogP contribution in [-0.2, 0) is 6.54 Å². The van der Waals surface area contributed by atoms with Gasteiger partial charge < -0.3 is 9.88 Å². The lowest BCUT2D eigenvalue weighted by Crippen LogP contribution is -2.31. The SMILES string of the molecule is N#CCCN(Cc1ccccc1)C(=O)c1cc2ccccc2[nH]1. The molecule has 0 saturated heterocycles. The molecule has 0 aliphatic rings. The fraction of sp³-hybridized carbons (Fsp3) is 0.158. The third-order valence-corrected chi connectivity index (χ3v) is 3.76. The van der Waals surface area contributed by atoms with Gasteiger partial charge in [-0.15, -0.1) is 0 Å². The molecule has 0 saturated carbocycles. The van der Waals surface area contributed by atoms with Crippen molar-refractivity contribution in [2.45, 2.75) is 13.0 Å². The molecule has 1 aromatic heterocycles. The number of hydrogen-bond acceptors (Lipinski definition) is 2. The lowest BCUT2D eigenvalue weighted by molar-refractivity contribution is 0.0742. The molecule has 0 unspecified atom stereocenters. The third-order valence-electron chi connectivity index (χ3n) is 3.76. The van der Waals surface area contributed by atoms with Crippen LogP contribution < -0.4 is 0 Å². The number of carbonyl (C=O) groups excluding carboxylic acids is 1. The molecule has 1 N–H and O–H groups in total. The highest BCUT2D eigenvalue weighted by atomic mass is 16.2. The molecular weight excluding hydrogens is 286 g/mol. The number of fused-ring (bicyclic) bond motifs is 1. The molecule has 4 heteroatoms. The number of aromatic nitrogens is 1. The highest BCUT2D eigenvalue weighted by molar-refractivity contribution is 5.98. The third kappa shape index (κ3) is 3.41. The van der Waals surface area contributed by atoms with E-state index in [1.54, 1.807) is 4.90 Å². The van der Waals surface area contributed by atoms with Crippen LogP contribution in [0.15, 0.2) is 60.7 Å². The highest BCUT2D eigenvalue weighted by Gasteiger charge is 2.18. The van der Waals surface area contributed by atoms with Crippen LogP contribution in [0.25, 0.3) is 10.9 Å². The Morgan fingerprint density at radius 2 is 1.83 bits per heavy atom. The van der Waals surface area contributed by atoms with Gasteiger partial charge in [-0.3, -0.25) is 4.79 Å². The molecule has 1 amide bonds. The van der Waals surface area contributed by atoms with Gasteiger partial charge in [0.15, 0.2) is 0 Å². The van der Waals surface area contributed by atoms with Gasteiger partial charge in [-0.2, -0.15) is 5.26 Å². The first-order valence-corrected chi connectivity index (χ1v) is 7.56. The van der Waals surface area contributed by atoms with Gasteiger partial charge in [-0.05, 0) is 17.7 Å². The maximum absolute atomic E-state index is 12.8. The molecule has 2 aromatic carbocycles. The summed E-state index contributed by atoms with van der Waals surface area (Å²) >= 11 is 0. The molecule has 3 aromatic rings. The van der Waals surface area contributed by atoms with Crippen LogP contribution in [0.4, 0.5) is 0 Å². The number of benzene rings is 2. The molecule has 4 nitrogen and oxygen atoms in total. The lowest BCUT2D eigenvalue weighted by Gasteiger charge is -2.21. The van der Waals surface area contributed by atoms with E-state index in [1.807, 2.05) is 60.7 Å². The van der Waals surface area contributed by atoms with Crippen LogP contribution in [0.2, 0.25) is 0 Å². The van der Waals surface area contributed by atoms with Crippen LogP contribution in [0, 0.1) is 11.3 Å². The maximum atomic E-state index is 12.8. The first-order valence-electron chi connectivity index (χ1n) is 7.56. The van der Waals surface area contributed by atoms with E-state index in [0.717, 1.165) is 16.5 Å². The average molecular weight is 303 g/mol. The number of hydrogen-bond donors (Lipinski definition) is 1. The average Bonchev–Trinajstić information content (AvgIpc) is 3.03. The Hall–Kier alpha value is -3.06. The van der Waals surface area contributed by atoms with Crippen LogP contribution in [-0.4, -0.2) is 22.3 Å². The fourth-order valence-corrected chi connectivity index (χ4v) is 2.60. The van der Waals surface area contributed by atoms with E-state index in [4.69, 9.17) is 5.26 Å². The number of rotatable bonds is 5. The number of amides is 1. The van der Waals surface area contributed by atoms with Crippen molar-refractivity contribution in [1.29, 1.82) is 5.26 Å². The fourth-order valence-electron chi connectivity index (χ4n) is 2.60. The zero-order chi connectivity index (χ0) is 16.1. The van der Waals surface area contributed by atoms with Crippen molar-refractivity contribution < 1.29 is 4.79 Å². The molecule has 0 fully saturated rings. The second-order valence-electron chi connectivity index (χ2n) is 5.39. The normalized spacial score (nSPS) is 10.4. The zero-order valence-corrected chi connectivity index (χ0v) is 12.7. The summed E-state index contributed by atoms with van der Waals surface area (Å²) in [6.07, 6.45) is 0.318. The van der Waals surface area contributed by atoms with Crippen molar-refractivity contribution >= 4 is 16.8 Å². The molecule has 114 valence electrons. The standard InChI is InChI=1S/C19H17N3O/c20-11-6-12-22(14-15-7-2-1-3-8-15)19(23)18-13-16-9-4-5-10-17(16)21-18/h1-5,7-10,13,21H,6,12,14H2. The minimum absolute atomic E-state index is 0.0831. The Labute approximate surface area is 135 Å². The van der Waals surface area contributed by atoms with Gasteiger partial charge in [0.1, 0.15) is 5.69 Å². The summed E-state index contributed by atoms with van der Waals surface area (Å²) in [5.41, 5.74) is 2.55. The number of nitriles is 1. The minimum Gasteiger partial charge on any atom is -0.351 e. The minimum atomic E-state index is -0.0831. The predicted octanol–water partition coefficient (Wildman–Crippen LogP) is 3.72. The Morgan fingerprint density at radius 3 is 2.57 bits per heavy atom. The monoisotopic (exact) mass is 303 g/mol. The van der Waals surface area contributed by atoms with Crippen molar-refractivity contribution in [1.82, 2.24) is 9.88 Å². The Bertz CT molecular complexity index is 813. The van der Waals surface area contributed by atoms with Gasteiger partial charge in [-0.25, -0.2) is 0 Å². The number of H-pyrrole nitrogens is 1. The molecule has 0 aliphatic heterocycles. The van der Waals surface area contributed by atoms with Crippen molar-refractivity contribution in [3.8, 4) is 6.07 Å². The van der Waals surface area contributed by atoms with Crippen LogP contribution in [0.1, 0.15) is 22.5 Å². The summed E-state index contributed by atoms with van der Waals surface area (Å²) in [4.78, 5) is 17.7. The topological polar surface area (TPSA) is 59.9 Å². The Balaban J connectivity index is 1.85. The van der Waals surface area contributed by atoms with E-state index in [2.05, 4.69) is 11.1 Å². The first-order chi connectivity index (χ1) is 11.3. The summed E-state index contributed by atoms with van der Waals surface area (Å²) in [7, 11) is 0. The summed E-state index contributed by atoms with van der Waals surface area (Å²) in [5.74, 6) is -0.0831. The second kappa shape index (κ2) is 6.80. The van der Waals surface area contributed by atoms with E-state index in [1.165, 1.54) is 0 Å². The highest BCUT2D eigenvalue weighted by Crippen LogP contribution is 2.17. The predicted molar refractivity (Wildman–Crippen MR) is 89.7 cm³/mol. The summed E-state index contributed by atoms with van der Waals surface area (Å²) in [6, 6.07) is 21.6. The van der Waals surface area contributed by atoms with Crippen molar-refractivity contribution in [2.75, 3.05) is 6.54 Å². The van der Waals surface area contributed by atoms with Gasteiger partial charge in [0.25, 0.3) is 5.91 Å². The van der Waals surface area contributed by atoms with E-state index in [9.17, 15) is 4.79 Å². The zero-order valence-electron chi connectivity index (χ0n) is 12.7. The number of nitrogens with one attached hydrogen (secondary N) is 1. The molecule has 0 atom stereocenters. The maximum Gasteiger partial charge on any atom is 0.270 e. The molecule has 0 spiro atoms. The second-order valence-corrected chi connectivity index (χ2v) is 5.39. The molecule has 0 radical (unpaired) electrons. The van der Waals surface area contributed by atoms with E-state index >= 15 is 0 Å². The number of aromatic amines is 1. The summed E-state index contributed by atoms with van der Waals surface area (Å²) in [5, 5.41) is 9.86. The number of carbonyl (C=O) groups is 1. The van der Waals surface area contributed by atoms with Crippen molar-refractivity contribution in [2.24, 2.45) is 0 Å². The molecule has 3 rings (SSSR count). The van der Waals surface area contributed by atoms with Gasteiger partial charge >= 0.3 is 0 Å². The Kier molecular flexibility index (Phi) is 4.39. The van der Waals surface area contributed by atoms with Crippen LogP contribution in [0.5, 0.6) is 0 Å².